The average molecular weight is 289 g/mol. The molecule has 22 heavy (non-hydrogen) atoms. The molecular weight excluding hydrogens is 272 g/mol. The molecule has 0 amide bonds. The Balaban J connectivity index is 1.99. The minimum atomic E-state index is 0.677. The van der Waals surface area contributed by atoms with Crippen molar-refractivity contribution in [3.05, 3.63) is 78.4 Å². The normalized spacial score (nSPS) is 10.4. The van der Waals surface area contributed by atoms with Crippen LogP contribution in [-0.4, -0.2) is 15.0 Å². The van der Waals surface area contributed by atoms with Gasteiger partial charge in [-0.1, -0.05) is 13.0 Å². The maximum absolute atomic E-state index is 4.71. The number of hydrogen-bond acceptors (Lipinski definition) is 4. The Morgan fingerprint density at radius 1 is 1.05 bits per heavy atom. The Morgan fingerprint density at radius 3 is 2.64 bits per heavy atom. The quantitative estimate of drug-likeness (QED) is 0.720. The Bertz CT molecular complexity index is 713. The first-order chi connectivity index (χ1) is 10.9. The van der Waals surface area contributed by atoms with Crippen LogP contribution in [0.1, 0.15) is 18.2 Å². The summed E-state index contributed by atoms with van der Waals surface area (Å²) in [5, 5.41) is 0. The molecule has 1 radical (unpaired) electrons. The van der Waals surface area contributed by atoms with Gasteiger partial charge in [-0.15, -0.1) is 0 Å². The van der Waals surface area contributed by atoms with Gasteiger partial charge in [0.15, 0.2) is 0 Å². The van der Waals surface area contributed by atoms with Crippen molar-refractivity contribution in [2.45, 2.75) is 19.9 Å². The van der Waals surface area contributed by atoms with Crippen molar-refractivity contribution >= 4 is 11.6 Å². The van der Waals surface area contributed by atoms with Gasteiger partial charge in [0.1, 0.15) is 11.6 Å². The SMILES string of the molecule is CCc1cccc(N(Cc2ccncc2)c2[c]cccn2)n1. The number of hydrogen-bond donors (Lipinski definition) is 0. The van der Waals surface area contributed by atoms with E-state index >= 15 is 0 Å². The molecule has 0 saturated heterocycles. The van der Waals surface area contributed by atoms with Crippen LogP contribution in [-0.2, 0) is 13.0 Å². The fourth-order valence-electron chi connectivity index (χ4n) is 2.21. The molecule has 0 aliphatic carbocycles. The largest absolute Gasteiger partial charge is 0.306 e. The molecule has 0 aliphatic rings. The molecular formula is C18H17N4. The lowest BCUT2D eigenvalue weighted by Gasteiger charge is -2.23. The second-order valence-corrected chi connectivity index (χ2v) is 4.89. The fraction of sp³-hybridized carbons (Fsp3) is 0.167. The summed E-state index contributed by atoms with van der Waals surface area (Å²) < 4.78 is 0. The summed E-state index contributed by atoms with van der Waals surface area (Å²) in [6, 6.07) is 17.0. The van der Waals surface area contributed by atoms with E-state index in [-0.39, 0.29) is 0 Å². The second kappa shape index (κ2) is 6.80. The highest BCUT2D eigenvalue weighted by Crippen LogP contribution is 2.23. The van der Waals surface area contributed by atoms with Gasteiger partial charge in [-0.3, -0.25) is 4.98 Å². The van der Waals surface area contributed by atoms with Gasteiger partial charge >= 0.3 is 0 Å². The van der Waals surface area contributed by atoms with Crippen LogP contribution in [0.4, 0.5) is 11.6 Å². The van der Waals surface area contributed by atoms with E-state index in [0.717, 1.165) is 29.3 Å². The van der Waals surface area contributed by atoms with Gasteiger partial charge in [-0.25, -0.2) is 9.97 Å². The van der Waals surface area contributed by atoms with Gasteiger partial charge in [-0.2, -0.15) is 0 Å². The van der Waals surface area contributed by atoms with E-state index < -0.39 is 0 Å². The van der Waals surface area contributed by atoms with Gasteiger partial charge in [-0.05, 0) is 48.4 Å². The Kier molecular flexibility index (Phi) is 4.39. The maximum Gasteiger partial charge on any atom is 0.142 e. The van der Waals surface area contributed by atoms with Crippen molar-refractivity contribution in [1.29, 1.82) is 0 Å². The topological polar surface area (TPSA) is 41.9 Å². The first-order valence-electron chi connectivity index (χ1n) is 7.32. The minimum absolute atomic E-state index is 0.677. The minimum Gasteiger partial charge on any atom is -0.306 e. The van der Waals surface area contributed by atoms with Gasteiger partial charge in [0, 0.05) is 30.4 Å². The van der Waals surface area contributed by atoms with Crippen LogP contribution in [0.5, 0.6) is 0 Å². The standard InChI is InChI=1S/C18H17N4/c1-2-16-6-5-8-18(21-16)22(17-7-3-4-11-20-17)14-15-9-12-19-13-10-15/h3-6,8-13H,2,14H2,1H3. The molecule has 0 N–H and O–H groups in total. The summed E-state index contributed by atoms with van der Waals surface area (Å²) in [7, 11) is 0. The van der Waals surface area contributed by atoms with Crippen LogP contribution >= 0.6 is 0 Å². The molecule has 4 nitrogen and oxygen atoms in total. The summed E-state index contributed by atoms with van der Waals surface area (Å²) in [4.78, 5) is 15.3. The highest BCUT2D eigenvalue weighted by molar-refractivity contribution is 5.55. The zero-order valence-corrected chi connectivity index (χ0v) is 12.5. The van der Waals surface area contributed by atoms with E-state index in [1.54, 1.807) is 18.6 Å². The van der Waals surface area contributed by atoms with Crippen LogP contribution in [0, 0.1) is 6.07 Å². The predicted molar refractivity (Wildman–Crippen MR) is 86.8 cm³/mol. The molecule has 3 aromatic heterocycles. The third-order valence-electron chi connectivity index (χ3n) is 3.37. The van der Waals surface area contributed by atoms with Crippen molar-refractivity contribution in [3.63, 3.8) is 0 Å². The number of aryl methyl sites for hydroxylation is 1. The predicted octanol–water partition coefficient (Wildman–Crippen LogP) is 3.57. The number of anilines is 2. The second-order valence-electron chi connectivity index (χ2n) is 4.89. The van der Waals surface area contributed by atoms with Crippen LogP contribution < -0.4 is 4.90 Å². The van der Waals surface area contributed by atoms with E-state index in [9.17, 15) is 0 Å². The molecule has 4 heteroatoms. The highest BCUT2D eigenvalue weighted by atomic mass is 15.2. The molecule has 0 unspecified atom stereocenters. The van der Waals surface area contributed by atoms with Crippen LogP contribution in [0.2, 0.25) is 0 Å². The Morgan fingerprint density at radius 2 is 1.91 bits per heavy atom. The van der Waals surface area contributed by atoms with E-state index in [2.05, 4.69) is 27.9 Å². The molecule has 3 rings (SSSR count). The lowest BCUT2D eigenvalue weighted by molar-refractivity contribution is 0.902. The molecule has 0 aliphatic heterocycles. The molecule has 3 aromatic rings. The number of nitrogens with zero attached hydrogens (tertiary/aromatic N) is 4. The lowest BCUT2D eigenvalue weighted by Crippen LogP contribution is -2.19. The highest BCUT2D eigenvalue weighted by Gasteiger charge is 2.13. The summed E-state index contributed by atoms with van der Waals surface area (Å²) in [6.07, 6.45) is 6.27. The molecule has 0 atom stereocenters. The first-order valence-corrected chi connectivity index (χ1v) is 7.32. The van der Waals surface area contributed by atoms with Gasteiger partial charge in [0.25, 0.3) is 0 Å². The van der Waals surface area contributed by atoms with Gasteiger partial charge in [0.2, 0.25) is 0 Å². The number of rotatable bonds is 5. The molecule has 0 fully saturated rings. The van der Waals surface area contributed by atoms with Crippen molar-refractivity contribution in [3.8, 4) is 0 Å². The molecule has 0 spiro atoms. The zero-order chi connectivity index (χ0) is 15.2. The van der Waals surface area contributed by atoms with E-state index in [4.69, 9.17) is 4.98 Å². The van der Waals surface area contributed by atoms with Crippen molar-refractivity contribution in [2.24, 2.45) is 0 Å². The van der Waals surface area contributed by atoms with E-state index in [0.29, 0.717) is 6.54 Å². The van der Waals surface area contributed by atoms with Gasteiger partial charge in [0.05, 0.1) is 6.54 Å². The Hall–Kier alpha value is -2.75. The maximum atomic E-state index is 4.71. The molecule has 109 valence electrons. The summed E-state index contributed by atoms with van der Waals surface area (Å²) in [5.41, 5.74) is 2.21. The number of pyridine rings is 3. The lowest BCUT2D eigenvalue weighted by atomic mass is 10.2. The smallest absolute Gasteiger partial charge is 0.142 e. The van der Waals surface area contributed by atoms with Crippen LogP contribution in [0.3, 0.4) is 0 Å². The molecule has 3 heterocycles. The van der Waals surface area contributed by atoms with E-state index in [1.165, 1.54) is 0 Å². The van der Waals surface area contributed by atoms with Crippen molar-refractivity contribution < 1.29 is 0 Å². The third-order valence-corrected chi connectivity index (χ3v) is 3.37. The summed E-state index contributed by atoms with van der Waals surface area (Å²) in [6.45, 7) is 2.78. The van der Waals surface area contributed by atoms with E-state index in [1.807, 2.05) is 42.5 Å². The van der Waals surface area contributed by atoms with Crippen LogP contribution in [0.15, 0.2) is 61.1 Å². The monoisotopic (exact) mass is 289 g/mol. The molecule has 0 saturated carbocycles. The van der Waals surface area contributed by atoms with Crippen molar-refractivity contribution in [2.75, 3.05) is 4.90 Å². The van der Waals surface area contributed by atoms with Gasteiger partial charge < -0.3 is 4.90 Å². The molecule has 0 aromatic carbocycles. The third kappa shape index (κ3) is 3.28. The molecule has 0 bridgehead atoms. The zero-order valence-electron chi connectivity index (χ0n) is 12.5. The van der Waals surface area contributed by atoms with Crippen LogP contribution in [0.25, 0.3) is 0 Å². The fourth-order valence-corrected chi connectivity index (χ4v) is 2.21. The first kappa shape index (κ1) is 14.2. The summed E-state index contributed by atoms with van der Waals surface area (Å²) >= 11 is 0. The summed E-state index contributed by atoms with van der Waals surface area (Å²) in [5.74, 6) is 1.64. The number of aromatic nitrogens is 3. The van der Waals surface area contributed by atoms with Crippen molar-refractivity contribution in [1.82, 2.24) is 15.0 Å². The Labute approximate surface area is 130 Å². The average Bonchev–Trinajstić information content (AvgIpc) is 2.61.